The Hall–Kier alpha value is -3.17. The maximum Gasteiger partial charge on any atom is 0.416 e. The number of benzene rings is 2. The van der Waals surface area contributed by atoms with Crippen molar-refractivity contribution in [3.05, 3.63) is 92.3 Å². The first-order valence-electron chi connectivity index (χ1n) is 11.3. The van der Waals surface area contributed by atoms with E-state index in [2.05, 4.69) is 16.4 Å². The predicted octanol–water partition coefficient (Wildman–Crippen LogP) is 5.18. The lowest BCUT2D eigenvalue weighted by atomic mass is 9.93. The van der Waals surface area contributed by atoms with Crippen LogP contribution >= 0.6 is 11.3 Å². The van der Waals surface area contributed by atoms with E-state index >= 15 is 0 Å². The smallest absolute Gasteiger partial charge is 0.416 e. The minimum Gasteiger partial charge on any atom is -0.497 e. The van der Waals surface area contributed by atoms with Gasteiger partial charge in [0, 0.05) is 17.5 Å². The van der Waals surface area contributed by atoms with Crippen molar-refractivity contribution in [3.63, 3.8) is 0 Å². The number of halogens is 3. The van der Waals surface area contributed by atoms with Crippen LogP contribution in [0.1, 0.15) is 33.6 Å². The van der Waals surface area contributed by atoms with E-state index in [-0.39, 0.29) is 18.1 Å². The van der Waals surface area contributed by atoms with Crippen molar-refractivity contribution < 1.29 is 17.9 Å². The summed E-state index contributed by atoms with van der Waals surface area (Å²) in [5, 5.41) is 4.21. The second-order valence-electron chi connectivity index (χ2n) is 8.73. The summed E-state index contributed by atoms with van der Waals surface area (Å²) in [6.45, 7) is 0.769. The number of thiophene rings is 1. The molecule has 1 aliphatic rings. The van der Waals surface area contributed by atoms with E-state index in [9.17, 15) is 18.0 Å². The maximum absolute atomic E-state index is 13.3. The van der Waals surface area contributed by atoms with Gasteiger partial charge in [-0.1, -0.05) is 24.3 Å². The topological polar surface area (TPSA) is 56.1 Å². The van der Waals surface area contributed by atoms with Gasteiger partial charge in [0.1, 0.15) is 10.6 Å². The highest BCUT2D eigenvalue weighted by Gasteiger charge is 2.30. The molecule has 5 rings (SSSR count). The second-order valence-corrected chi connectivity index (χ2v) is 9.82. The van der Waals surface area contributed by atoms with Gasteiger partial charge in [-0.3, -0.25) is 9.36 Å². The van der Waals surface area contributed by atoms with Crippen molar-refractivity contribution in [3.8, 4) is 5.75 Å². The van der Waals surface area contributed by atoms with Crippen LogP contribution in [0.4, 0.5) is 13.2 Å². The van der Waals surface area contributed by atoms with E-state index in [1.54, 1.807) is 13.2 Å². The summed E-state index contributed by atoms with van der Waals surface area (Å²) in [5.41, 5.74) is 1.66. The molecule has 0 bridgehead atoms. The number of fused-ring (bicyclic) bond motifs is 3. The highest BCUT2D eigenvalue weighted by Crippen LogP contribution is 2.34. The van der Waals surface area contributed by atoms with Crippen molar-refractivity contribution in [2.24, 2.45) is 0 Å². The molecule has 0 amide bonds. The van der Waals surface area contributed by atoms with Crippen LogP contribution in [0.2, 0.25) is 0 Å². The number of ether oxygens (including phenoxy) is 1. The molecule has 1 atom stereocenters. The van der Waals surface area contributed by atoms with Crippen molar-refractivity contribution in [1.29, 1.82) is 0 Å². The molecule has 2 aromatic carbocycles. The van der Waals surface area contributed by atoms with Crippen molar-refractivity contribution in [2.45, 2.75) is 44.6 Å². The summed E-state index contributed by atoms with van der Waals surface area (Å²) < 4.78 is 45.9. The van der Waals surface area contributed by atoms with Crippen LogP contribution in [-0.2, 0) is 32.1 Å². The average Bonchev–Trinajstić information content (AvgIpc) is 3.23. The van der Waals surface area contributed by atoms with E-state index in [1.807, 2.05) is 18.2 Å². The van der Waals surface area contributed by atoms with Crippen LogP contribution in [0.15, 0.2) is 59.7 Å². The Morgan fingerprint density at radius 1 is 1.17 bits per heavy atom. The molecule has 0 saturated heterocycles. The van der Waals surface area contributed by atoms with Crippen LogP contribution in [-0.4, -0.2) is 22.7 Å². The quantitative estimate of drug-likeness (QED) is 0.397. The first-order valence-corrected chi connectivity index (χ1v) is 12.2. The van der Waals surface area contributed by atoms with Gasteiger partial charge in [0.15, 0.2) is 0 Å². The molecular weight excluding hydrogens is 475 g/mol. The lowest BCUT2D eigenvalue weighted by Crippen LogP contribution is -2.33. The normalized spacial score (nSPS) is 15.8. The number of methoxy groups -OCH3 is 1. The van der Waals surface area contributed by atoms with Gasteiger partial charge in [-0.15, -0.1) is 11.3 Å². The third-order valence-corrected chi connectivity index (χ3v) is 7.53. The molecule has 1 unspecified atom stereocenters. The molecule has 35 heavy (non-hydrogen) atoms. The molecule has 4 aromatic rings. The molecule has 182 valence electrons. The van der Waals surface area contributed by atoms with E-state index in [4.69, 9.17) is 4.74 Å². The standard InChI is InChI=1S/C26H24F3N3O2S/c1-34-20-7-3-4-16(11-20)13-30-19-8-9-21-22(12-19)35-24-23(21)25(33)32(15-31-24)14-17-5-2-6-18(10-17)26(27,28)29/h2-7,10-11,15,19,30H,8-9,12-14H2,1H3. The first kappa shape index (κ1) is 23.6. The summed E-state index contributed by atoms with van der Waals surface area (Å²) in [6, 6.07) is 13.3. The van der Waals surface area contributed by atoms with Gasteiger partial charge < -0.3 is 10.1 Å². The average molecular weight is 500 g/mol. The van der Waals surface area contributed by atoms with E-state index in [0.717, 1.165) is 59.7 Å². The molecule has 1 aliphatic carbocycles. The van der Waals surface area contributed by atoms with Crippen molar-refractivity contribution in [1.82, 2.24) is 14.9 Å². The van der Waals surface area contributed by atoms with Crippen LogP contribution in [0.25, 0.3) is 10.2 Å². The number of hydrogen-bond acceptors (Lipinski definition) is 5. The minimum absolute atomic E-state index is 0.0427. The Morgan fingerprint density at radius 3 is 2.77 bits per heavy atom. The molecule has 0 aliphatic heterocycles. The van der Waals surface area contributed by atoms with Gasteiger partial charge in [-0.2, -0.15) is 13.2 Å². The number of aryl methyl sites for hydroxylation is 1. The highest BCUT2D eigenvalue weighted by molar-refractivity contribution is 7.18. The number of nitrogens with zero attached hydrogens (tertiary/aromatic N) is 2. The van der Waals surface area contributed by atoms with Gasteiger partial charge in [-0.05, 0) is 60.2 Å². The number of aromatic nitrogens is 2. The third kappa shape index (κ3) is 4.97. The Balaban J connectivity index is 1.35. The Kier molecular flexibility index (Phi) is 6.37. The van der Waals surface area contributed by atoms with Gasteiger partial charge >= 0.3 is 6.18 Å². The van der Waals surface area contributed by atoms with Gasteiger partial charge in [0.25, 0.3) is 5.56 Å². The summed E-state index contributed by atoms with van der Waals surface area (Å²) in [5.74, 6) is 0.826. The lowest BCUT2D eigenvalue weighted by molar-refractivity contribution is -0.137. The zero-order valence-electron chi connectivity index (χ0n) is 19.1. The Bertz CT molecular complexity index is 1430. The van der Waals surface area contributed by atoms with Gasteiger partial charge in [0.05, 0.1) is 30.9 Å². The fourth-order valence-corrected chi connectivity index (χ4v) is 5.83. The summed E-state index contributed by atoms with van der Waals surface area (Å²) >= 11 is 1.53. The molecule has 2 heterocycles. The summed E-state index contributed by atoms with van der Waals surface area (Å²) in [7, 11) is 1.65. The molecule has 1 N–H and O–H groups in total. The molecule has 9 heteroatoms. The highest BCUT2D eigenvalue weighted by atomic mass is 32.1. The monoisotopic (exact) mass is 499 g/mol. The van der Waals surface area contributed by atoms with Crippen molar-refractivity contribution >= 4 is 21.6 Å². The number of alkyl halides is 3. The van der Waals surface area contributed by atoms with Crippen LogP contribution in [0, 0.1) is 0 Å². The minimum atomic E-state index is -4.42. The Morgan fingerprint density at radius 2 is 1.97 bits per heavy atom. The molecule has 5 nitrogen and oxygen atoms in total. The summed E-state index contributed by atoms with van der Waals surface area (Å²) in [6.07, 6.45) is -0.522. The number of nitrogens with one attached hydrogen (secondary N) is 1. The third-order valence-electron chi connectivity index (χ3n) is 6.37. The van der Waals surface area contributed by atoms with E-state index < -0.39 is 11.7 Å². The molecular formula is C26H24F3N3O2S. The second kappa shape index (κ2) is 9.47. The summed E-state index contributed by atoms with van der Waals surface area (Å²) in [4.78, 5) is 19.6. The van der Waals surface area contributed by atoms with Gasteiger partial charge in [0.2, 0.25) is 0 Å². The molecule has 0 saturated carbocycles. The molecule has 2 aromatic heterocycles. The van der Waals surface area contributed by atoms with Crippen LogP contribution < -0.4 is 15.6 Å². The SMILES string of the molecule is COc1cccc(CNC2CCc3c(sc4ncn(Cc5cccc(C(F)(F)F)c5)c(=O)c34)C2)c1. The van der Waals surface area contributed by atoms with Crippen LogP contribution in [0.5, 0.6) is 5.75 Å². The maximum atomic E-state index is 13.3. The Labute approximate surface area is 204 Å². The van der Waals surface area contributed by atoms with Crippen molar-refractivity contribution in [2.75, 3.05) is 7.11 Å². The number of hydrogen-bond donors (Lipinski definition) is 1. The number of rotatable bonds is 6. The predicted molar refractivity (Wildman–Crippen MR) is 130 cm³/mol. The zero-order chi connectivity index (χ0) is 24.6. The molecule has 0 fully saturated rings. The van der Waals surface area contributed by atoms with E-state index in [0.29, 0.717) is 15.8 Å². The first-order chi connectivity index (χ1) is 16.8. The van der Waals surface area contributed by atoms with E-state index in [1.165, 1.54) is 28.3 Å². The molecule has 0 spiro atoms. The van der Waals surface area contributed by atoms with Crippen LogP contribution in [0.3, 0.4) is 0 Å². The lowest BCUT2D eigenvalue weighted by Gasteiger charge is -2.23. The zero-order valence-corrected chi connectivity index (χ0v) is 19.9. The fourth-order valence-electron chi connectivity index (χ4n) is 4.58. The largest absolute Gasteiger partial charge is 0.497 e. The fraction of sp³-hybridized carbons (Fsp3) is 0.308. The molecule has 0 radical (unpaired) electrons. The van der Waals surface area contributed by atoms with Gasteiger partial charge in [-0.25, -0.2) is 4.98 Å².